The largest absolute Gasteiger partial charge is 0.481 e. The Kier molecular flexibility index (Phi) is 4.09. The minimum absolute atomic E-state index is 0.237. The van der Waals surface area contributed by atoms with Gasteiger partial charge < -0.3 is 4.74 Å². The third-order valence-corrected chi connectivity index (χ3v) is 2.07. The first-order valence-corrected chi connectivity index (χ1v) is 5.00. The Balaban J connectivity index is 2.58. The summed E-state index contributed by atoms with van der Waals surface area (Å²) in [4.78, 5) is 22.2. The first kappa shape index (κ1) is 11.5. The molecule has 1 aliphatic heterocycles. The number of amides is 2. The number of piperidine rings is 1. The zero-order valence-electron chi connectivity index (χ0n) is 8.79. The molecule has 1 N–H and O–H groups in total. The van der Waals surface area contributed by atoms with Gasteiger partial charge in [0.1, 0.15) is 5.76 Å². The molecule has 0 aromatic carbocycles. The fraction of sp³-hybridized carbons (Fsp3) is 0.455. The Bertz CT molecular complexity index is 307. The molecule has 1 saturated heterocycles. The van der Waals surface area contributed by atoms with Crippen molar-refractivity contribution in [2.45, 2.75) is 32.3 Å². The number of hydrogen-bond acceptors (Lipinski definition) is 3. The Morgan fingerprint density at radius 3 is 2.93 bits per heavy atom. The SMILES string of the molecule is C=C/C(=C\CC)OC1CCC(=O)NC1=O. The topological polar surface area (TPSA) is 55.4 Å². The van der Waals surface area contributed by atoms with Gasteiger partial charge in [0.25, 0.3) is 5.91 Å². The Hall–Kier alpha value is -1.58. The molecule has 1 atom stereocenters. The van der Waals surface area contributed by atoms with Crippen LogP contribution in [0.25, 0.3) is 0 Å². The minimum Gasteiger partial charge on any atom is -0.481 e. The summed E-state index contributed by atoms with van der Waals surface area (Å²) in [6, 6.07) is 0. The van der Waals surface area contributed by atoms with E-state index in [9.17, 15) is 9.59 Å². The molecule has 0 aromatic heterocycles. The summed E-state index contributed by atoms with van der Waals surface area (Å²) < 4.78 is 5.42. The molecular formula is C11H15NO3. The lowest BCUT2D eigenvalue weighted by atomic mass is 10.1. The number of carbonyl (C=O) groups is 2. The normalized spacial score (nSPS) is 22.2. The molecule has 0 bridgehead atoms. The molecule has 0 aliphatic carbocycles. The minimum atomic E-state index is -0.571. The number of carbonyl (C=O) groups excluding carboxylic acids is 2. The van der Waals surface area contributed by atoms with Crippen LogP contribution in [0.3, 0.4) is 0 Å². The monoisotopic (exact) mass is 209 g/mol. The van der Waals surface area contributed by atoms with Crippen molar-refractivity contribution in [3.8, 4) is 0 Å². The van der Waals surface area contributed by atoms with Crippen molar-refractivity contribution in [3.63, 3.8) is 0 Å². The Morgan fingerprint density at radius 2 is 2.40 bits per heavy atom. The van der Waals surface area contributed by atoms with Crippen LogP contribution in [0.4, 0.5) is 0 Å². The maximum atomic E-state index is 11.3. The number of nitrogens with one attached hydrogen (secondary N) is 1. The maximum absolute atomic E-state index is 11.3. The summed E-state index contributed by atoms with van der Waals surface area (Å²) in [6.07, 6.45) is 4.41. The van der Waals surface area contributed by atoms with Crippen LogP contribution in [0.2, 0.25) is 0 Å². The first-order valence-electron chi connectivity index (χ1n) is 5.00. The first-order chi connectivity index (χ1) is 7.17. The molecule has 0 saturated carbocycles. The second kappa shape index (κ2) is 5.34. The number of imide groups is 1. The van der Waals surface area contributed by atoms with Gasteiger partial charge >= 0.3 is 0 Å². The third-order valence-electron chi connectivity index (χ3n) is 2.07. The van der Waals surface area contributed by atoms with E-state index in [2.05, 4.69) is 11.9 Å². The molecule has 15 heavy (non-hydrogen) atoms. The highest BCUT2D eigenvalue weighted by Gasteiger charge is 2.28. The summed E-state index contributed by atoms with van der Waals surface area (Å²) in [5.74, 6) is -0.0124. The lowest BCUT2D eigenvalue weighted by Gasteiger charge is -2.22. The van der Waals surface area contributed by atoms with Crippen LogP contribution in [0.15, 0.2) is 24.5 Å². The highest BCUT2D eigenvalue weighted by Crippen LogP contribution is 2.13. The lowest BCUT2D eigenvalue weighted by Crippen LogP contribution is -2.44. The highest BCUT2D eigenvalue weighted by molar-refractivity contribution is 5.99. The molecule has 2 amide bonds. The maximum Gasteiger partial charge on any atom is 0.267 e. The number of ether oxygens (including phenoxy) is 1. The van der Waals surface area contributed by atoms with Gasteiger partial charge in [-0.25, -0.2) is 0 Å². The van der Waals surface area contributed by atoms with E-state index in [1.807, 2.05) is 13.0 Å². The molecule has 1 fully saturated rings. The van der Waals surface area contributed by atoms with E-state index in [1.54, 1.807) is 6.08 Å². The summed E-state index contributed by atoms with van der Waals surface area (Å²) in [5, 5.41) is 2.24. The van der Waals surface area contributed by atoms with Crippen molar-refractivity contribution < 1.29 is 14.3 Å². The second-order valence-electron chi connectivity index (χ2n) is 3.28. The van der Waals surface area contributed by atoms with Gasteiger partial charge in [-0.2, -0.15) is 0 Å². The van der Waals surface area contributed by atoms with Gasteiger partial charge in [-0.15, -0.1) is 0 Å². The van der Waals surface area contributed by atoms with Crippen molar-refractivity contribution in [2.75, 3.05) is 0 Å². The van der Waals surface area contributed by atoms with Gasteiger partial charge in [-0.1, -0.05) is 13.5 Å². The van der Waals surface area contributed by atoms with E-state index < -0.39 is 6.10 Å². The second-order valence-corrected chi connectivity index (χ2v) is 3.28. The van der Waals surface area contributed by atoms with Crippen molar-refractivity contribution in [2.24, 2.45) is 0 Å². The predicted molar refractivity (Wildman–Crippen MR) is 55.8 cm³/mol. The summed E-state index contributed by atoms with van der Waals surface area (Å²) in [6.45, 7) is 5.56. The average Bonchev–Trinajstić information content (AvgIpc) is 2.21. The van der Waals surface area contributed by atoms with E-state index in [1.165, 1.54) is 0 Å². The van der Waals surface area contributed by atoms with Gasteiger partial charge in [-0.05, 0) is 18.6 Å². The van der Waals surface area contributed by atoms with Gasteiger partial charge in [0.2, 0.25) is 5.91 Å². The third kappa shape index (κ3) is 3.23. The van der Waals surface area contributed by atoms with Gasteiger partial charge in [0.05, 0.1) is 0 Å². The van der Waals surface area contributed by atoms with Crippen LogP contribution in [0, 0.1) is 0 Å². The Labute approximate surface area is 89.0 Å². The number of rotatable bonds is 4. The summed E-state index contributed by atoms with van der Waals surface area (Å²) in [5.41, 5.74) is 0. The smallest absolute Gasteiger partial charge is 0.267 e. The highest BCUT2D eigenvalue weighted by atomic mass is 16.5. The van der Waals surface area contributed by atoms with Gasteiger partial charge in [0.15, 0.2) is 6.10 Å². The lowest BCUT2D eigenvalue weighted by molar-refractivity contribution is -0.140. The van der Waals surface area contributed by atoms with Crippen LogP contribution in [0.5, 0.6) is 0 Å². The van der Waals surface area contributed by atoms with Crippen LogP contribution < -0.4 is 5.32 Å². The standard InChI is InChI=1S/C11H15NO3/c1-3-5-8(4-2)15-9-6-7-10(13)12-11(9)14/h4-5,9H,2-3,6-7H2,1H3,(H,12,13,14)/b8-5+. The van der Waals surface area contributed by atoms with Crippen LogP contribution in [-0.2, 0) is 14.3 Å². The van der Waals surface area contributed by atoms with Crippen LogP contribution in [-0.4, -0.2) is 17.9 Å². The van der Waals surface area contributed by atoms with Crippen molar-refractivity contribution >= 4 is 11.8 Å². The Morgan fingerprint density at radius 1 is 1.67 bits per heavy atom. The van der Waals surface area contributed by atoms with E-state index in [0.717, 1.165) is 6.42 Å². The van der Waals surface area contributed by atoms with E-state index in [4.69, 9.17) is 4.74 Å². The number of allylic oxidation sites excluding steroid dienone is 2. The van der Waals surface area contributed by atoms with Gasteiger partial charge in [0, 0.05) is 12.8 Å². The predicted octanol–water partition coefficient (Wildman–Crippen LogP) is 1.29. The molecule has 0 spiro atoms. The van der Waals surface area contributed by atoms with Crippen molar-refractivity contribution in [3.05, 3.63) is 24.5 Å². The average molecular weight is 209 g/mol. The molecule has 1 unspecified atom stereocenters. The summed E-state index contributed by atoms with van der Waals surface area (Å²) >= 11 is 0. The molecule has 0 aromatic rings. The van der Waals surface area contributed by atoms with Gasteiger partial charge in [-0.3, -0.25) is 14.9 Å². The van der Waals surface area contributed by atoms with E-state index in [0.29, 0.717) is 18.6 Å². The molecule has 4 heteroatoms. The molecule has 1 heterocycles. The number of hydrogen-bond donors (Lipinski definition) is 1. The van der Waals surface area contributed by atoms with Crippen LogP contribution >= 0.6 is 0 Å². The quantitative estimate of drug-likeness (QED) is 0.431. The van der Waals surface area contributed by atoms with Crippen molar-refractivity contribution in [1.29, 1.82) is 0 Å². The molecule has 0 radical (unpaired) electrons. The van der Waals surface area contributed by atoms with E-state index in [-0.39, 0.29) is 11.8 Å². The molecule has 4 nitrogen and oxygen atoms in total. The fourth-order valence-corrected chi connectivity index (χ4v) is 1.33. The zero-order valence-corrected chi connectivity index (χ0v) is 8.79. The molecular weight excluding hydrogens is 194 g/mol. The van der Waals surface area contributed by atoms with Crippen LogP contribution in [0.1, 0.15) is 26.2 Å². The molecule has 1 rings (SSSR count). The fourth-order valence-electron chi connectivity index (χ4n) is 1.33. The molecule has 82 valence electrons. The molecule has 1 aliphatic rings. The van der Waals surface area contributed by atoms with Crippen molar-refractivity contribution in [1.82, 2.24) is 5.32 Å². The zero-order chi connectivity index (χ0) is 11.3. The summed E-state index contributed by atoms with van der Waals surface area (Å²) in [7, 11) is 0. The van der Waals surface area contributed by atoms with E-state index >= 15 is 0 Å².